The van der Waals surface area contributed by atoms with Gasteiger partial charge in [0.1, 0.15) is 5.75 Å². The number of carbonyl (C=O) groups is 2. The molecule has 2 aromatic carbocycles. The fraction of sp³-hybridized carbons (Fsp3) is 0.348. The molecule has 0 atom stereocenters. The number of hydrogen-bond acceptors (Lipinski definition) is 7. The molecule has 0 saturated heterocycles. The van der Waals surface area contributed by atoms with Crippen molar-refractivity contribution in [1.82, 2.24) is 25.5 Å². The smallest absolute Gasteiger partial charge is 0.243 e. The molecule has 0 saturated carbocycles. The number of unbranched alkanes of at least 4 members (excludes halogenated alkanes) is 1. The number of benzene rings is 2. The van der Waals surface area contributed by atoms with Gasteiger partial charge < -0.3 is 15.4 Å². The highest BCUT2D eigenvalue weighted by Gasteiger charge is 2.13. The van der Waals surface area contributed by atoms with Crippen molar-refractivity contribution in [3.8, 4) is 11.4 Å². The number of tetrazole rings is 1. The number of amides is 2. The largest absolute Gasteiger partial charge is 0.495 e. The van der Waals surface area contributed by atoms with Crippen molar-refractivity contribution < 1.29 is 14.3 Å². The van der Waals surface area contributed by atoms with Crippen LogP contribution >= 0.6 is 11.8 Å². The van der Waals surface area contributed by atoms with Crippen molar-refractivity contribution in [2.75, 3.05) is 24.7 Å². The molecule has 2 amide bonds. The summed E-state index contributed by atoms with van der Waals surface area (Å²) in [5.74, 6) is -0.00199. The Kier molecular flexibility index (Phi) is 8.82. The van der Waals surface area contributed by atoms with Crippen LogP contribution in [0.25, 0.3) is 5.69 Å². The monoisotopic (exact) mass is 468 g/mol. The molecule has 0 radical (unpaired) electrons. The molecule has 3 rings (SSSR count). The zero-order valence-electron chi connectivity index (χ0n) is 19.0. The molecule has 9 nitrogen and oxygen atoms in total. The third kappa shape index (κ3) is 7.04. The number of nitrogens with one attached hydrogen (secondary N) is 2. The minimum atomic E-state index is -0.342. The van der Waals surface area contributed by atoms with Crippen LogP contribution in [0.2, 0.25) is 0 Å². The average Bonchev–Trinajstić information content (AvgIpc) is 3.29. The van der Waals surface area contributed by atoms with Crippen LogP contribution < -0.4 is 15.4 Å². The van der Waals surface area contributed by atoms with Crippen LogP contribution in [-0.4, -0.2) is 51.4 Å². The van der Waals surface area contributed by atoms with Gasteiger partial charge in [0.25, 0.3) is 0 Å². The first-order chi connectivity index (χ1) is 16.0. The van der Waals surface area contributed by atoms with E-state index in [0.717, 1.165) is 30.5 Å². The van der Waals surface area contributed by atoms with Crippen LogP contribution in [0.15, 0.2) is 47.6 Å². The third-order valence-electron chi connectivity index (χ3n) is 4.85. The number of thioether (sulfide) groups is 1. The van der Waals surface area contributed by atoms with E-state index in [2.05, 4.69) is 45.2 Å². The summed E-state index contributed by atoms with van der Waals surface area (Å²) in [7, 11) is 1.54. The minimum absolute atomic E-state index is 0.0794. The zero-order valence-corrected chi connectivity index (χ0v) is 19.8. The molecule has 0 aliphatic heterocycles. The highest BCUT2D eigenvalue weighted by molar-refractivity contribution is 7.99. The van der Waals surface area contributed by atoms with Gasteiger partial charge in [-0.2, -0.15) is 4.68 Å². The predicted molar refractivity (Wildman–Crippen MR) is 128 cm³/mol. The van der Waals surface area contributed by atoms with Gasteiger partial charge >= 0.3 is 0 Å². The fourth-order valence-electron chi connectivity index (χ4n) is 3.09. The molecular weight excluding hydrogens is 440 g/mol. The molecule has 0 aliphatic carbocycles. The fourth-order valence-corrected chi connectivity index (χ4v) is 3.81. The number of carbonyl (C=O) groups excluding carboxylic acids is 2. The standard InChI is InChI=1S/C23H28N6O3S/c1-4-5-6-17-8-10-18(11-9-17)29-23(26-27-28-29)33-15-22(31)24-14-21(30)25-19-13-16(2)7-12-20(19)32-3/h7-13H,4-6,14-15H2,1-3H3,(H,24,31)(H,25,30). The Morgan fingerprint density at radius 3 is 2.64 bits per heavy atom. The van der Waals surface area contributed by atoms with Gasteiger partial charge in [-0.3, -0.25) is 9.59 Å². The Hall–Kier alpha value is -3.40. The molecule has 0 unspecified atom stereocenters. The lowest BCUT2D eigenvalue weighted by molar-refractivity contribution is -0.122. The van der Waals surface area contributed by atoms with Gasteiger partial charge in [0.2, 0.25) is 17.0 Å². The predicted octanol–water partition coefficient (Wildman–Crippen LogP) is 3.17. The zero-order chi connectivity index (χ0) is 23.6. The summed E-state index contributed by atoms with van der Waals surface area (Å²) in [4.78, 5) is 24.5. The molecule has 10 heteroatoms. The van der Waals surface area contributed by atoms with Gasteiger partial charge in [-0.05, 0) is 65.6 Å². The van der Waals surface area contributed by atoms with Crippen LogP contribution in [-0.2, 0) is 16.0 Å². The molecular formula is C23H28N6O3S. The van der Waals surface area contributed by atoms with E-state index >= 15 is 0 Å². The normalized spacial score (nSPS) is 10.6. The molecule has 0 aliphatic rings. The van der Waals surface area contributed by atoms with Crippen molar-refractivity contribution in [3.05, 3.63) is 53.6 Å². The maximum atomic E-state index is 12.3. The molecule has 0 bridgehead atoms. The van der Waals surface area contributed by atoms with Crippen molar-refractivity contribution in [2.24, 2.45) is 0 Å². The Morgan fingerprint density at radius 2 is 1.91 bits per heavy atom. The van der Waals surface area contributed by atoms with E-state index in [-0.39, 0.29) is 24.1 Å². The Labute approximate surface area is 197 Å². The average molecular weight is 469 g/mol. The molecule has 3 aromatic rings. The maximum absolute atomic E-state index is 12.3. The van der Waals surface area contributed by atoms with Gasteiger partial charge in [0, 0.05) is 0 Å². The van der Waals surface area contributed by atoms with Crippen LogP contribution in [0.1, 0.15) is 30.9 Å². The van der Waals surface area contributed by atoms with Crippen molar-refractivity contribution in [1.29, 1.82) is 0 Å². The van der Waals surface area contributed by atoms with E-state index in [0.29, 0.717) is 16.6 Å². The van der Waals surface area contributed by atoms with E-state index in [1.807, 2.05) is 31.2 Å². The number of methoxy groups -OCH3 is 1. The van der Waals surface area contributed by atoms with Crippen LogP contribution in [0.3, 0.4) is 0 Å². The van der Waals surface area contributed by atoms with E-state index in [4.69, 9.17) is 4.74 Å². The summed E-state index contributed by atoms with van der Waals surface area (Å²) in [5, 5.41) is 17.6. The summed E-state index contributed by atoms with van der Waals surface area (Å²) in [6.07, 6.45) is 3.34. The van der Waals surface area contributed by atoms with Crippen molar-refractivity contribution in [3.63, 3.8) is 0 Å². The Balaban J connectivity index is 1.49. The lowest BCUT2D eigenvalue weighted by Crippen LogP contribution is -2.34. The highest BCUT2D eigenvalue weighted by atomic mass is 32.2. The van der Waals surface area contributed by atoms with E-state index in [9.17, 15) is 9.59 Å². The SMILES string of the molecule is CCCCc1ccc(-n2nnnc2SCC(=O)NCC(=O)Nc2cc(C)ccc2OC)cc1. The second-order valence-corrected chi connectivity index (χ2v) is 8.40. The number of rotatable bonds is 11. The van der Waals surface area contributed by atoms with Crippen molar-refractivity contribution in [2.45, 2.75) is 38.3 Å². The molecule has 1 aromatic heterocycles. The molecule has 33 heavy (non-hydrogen) atoms. The van der Waals surface area contributed by atoms with E-state index < -0.39 is 0 Å². The first-order valence-electron chi connectivity index (χ1n) is 10.7. The van der Waals surface area contributed by atoms with Gasteiger partial charge in [0.15, 0.2) is 0 Å². The summed E-state index contributed by atoms with van der Waals surface area (Å²) < 4.78 is 6.85. The highest BCUT2D eigenvalue weighted by Crippen LogP contribution is 2.25. The first kappa shape index (κ1) is 24.2. The number of anilines is 1. The number of nitrogens with zero attached hydrogens (tertiary/aromatic N) is 4. The second kappa shape index (κ2) is 12.0. The minimum Gasteiger partial charge on any atom is -0.495 e. The van der Waals surface area contributed by atoms with Crippen molar-refractivity contribution >= 4 is 29.3 Å². The lowest BCUT2D eigenvalue weighted by atomic mass is 10.1. The molecule has 0 spiro atoms. The van der Waals surface area contributed by atoms with Gasteiger partial charge in [-0.15, -0.1) is 5.10 Å². The first-order valence-corrected chi connectivity index (χ1v) is 11.7. The molecule has 0 fully saturated rings. The van der Waals surface area contributed by atoms with Crippen LogP contribution in [0.4, 0.5) is 5.69 Å². The maximum Gasteiger partial charge on any atom is 0.243 e. The van der Waals surface area contributed by atoms with Gasteiger partial charge in [0.05, 0.1) is 30.8 Å². The van der Waals surface area contributed by atoms with Gasteiger partial charge in [-0.1, -0.05) is 43.3 Å². The quantitative estimate of drug-likeness (QED) is 0.416. The van der Waals surface area contributed by atoms with Crippen LogP contribution in [0.5, 0.6) is 5.75 Å². The number of aryl methyl sites for hydroxylation is 2. The molecule has 174 valence electrons. The molecule has 1 heterocycles. The second-order valence-electron chi connectivity index (χ2n) is 7.46. The lowest BCUT2D eigenvalue weighted by Gasteiger charge is -2.11. The number of ether oxygens (including phenoxy) is 1. The summed E-state index contributed by atoms with van der Waals surface area (Å²) in [5.41, 5.74) is 3.64. The molecule has 2 N–H and O–H groups in total. The van der Waals surface area contributed by atoms with E-state index in [1.165, 1.54) is 24.4 Å². The van der Waals surface area contributed by atoms with E-state index in [1.54, 1.807) is 10.7 Å². The van der Waals surface area contributed by atoms with Gasteiger partial charge in [-0.25, -0.2) is 0 Å². The Bertz CT molecular complexity index is 1080. The summed E-state index contributed by atoms with van der Waals surface area (Å²) in [6.45, 7) is 3.94. The Morgan fingerprint density at radius 1 is 1.12 bits per heavy atom. The number of hydrogen-bond donors (Lipinski definition) is 2. The van der Waals surface area contributed by atoms with Crippen LogP contribution in [0, 0.1) is 6.92 Å². The topological polar surface area (TPSA) is 111 Å². The summed E-state index contributed by atoms with van der Waals surface area (Å²) in [6, 6.07) is 13.5. The number of aromatic nitrogens is 4. The summed E-state index contributed by atoms with van der Waals surface area (Å²) >= 11 is 1.20. The third-order valence-corrected chi connectivity index (χ3v) is 5.77.